The lowest BCUT2D eigenvalue weighted by atomic mass is 9.74. The number of aliphatic hydroxyl groups excluding tert-OH is 2. The second-order valence-electron chi connectivity index (χ2n) is 6.95. The average Bonchev–Trinajstić information content (AvgIpc) is 2.56. The van der Waals surface area contributed by atoms with Crippen LogP contribution in [0.5, 0.6) is 0 Å². The molecule has 2 heterocycles. The van der Waals surface area contributed by atoms with Gasteiger partial charge in [-0.3, -0.25) is 4.98 Å². The summed E-state index contributed by atoms with van der Waals surface area (Å²) < 4.78 is 0. The van der Waals surface area contributed by atoms with E-state index in [2.05, 4.69) is 16.8 Å². The number of fused-ring (bicyclic) bond motifs is 1. The fraction of sp³-hybridized carbons (Fsp3) is 0.526. The first-order valence-electron chi connectivity index (χ1n) is 8.59. The molecular formula is C19H25ClN2O2. The fourth-order valence-corrected chi connectivity index (χ4v) is 4.26. The van der Waals surface area contributed by atoms with Crippen LogP contribution in [0.2, 0.25) is 5.02 Å². The Bertz CT molecular complexity index is 737. The van der Waals surface area contributed by atoms with Gasteiger partial charge in [-0.1, -0.05) is 24.9 Å². The second kappa shape index (κ2) is 6.87. The summed E-state index contributed by atoms with van der Waals surface area (Å²) in [5, 5.41) is 22.2. The summed E-state index contributed by atoms with van der Waals surface area (Å²) >= 11 is 6.26. The summed E-state index contributed by atoms with van der Waals surface area (Å²) in [6.07, 6.45) is 3.77. The number of benzene rings is 1. The molecule has 1 fully saturated rings. The topological polar surface area (TPSA) is 56.6 Å². The van der Waals surface area contributed by atoms with E-state index in [1.807, 2.05) is 31.3 Å². The van der Waals surface area contributed by atoms with Crippen LogP contribution < -0.4 is 4.90 Å². The number of pyridine rings is 1. The van der Waals surface area contributed by atoms with Crippen LogP contribution in [0.1, 0.15) is 31.7 Å². The van der Waals surface area contributed by atoms with Crippen molar-refractivity contribution in [1.82, 2.24) is 4.98 Å². The zero-order valence-electron chi connectivity index (χ0n) is 14.3. The molecule has 1 aromatic carbocycles. The molecule has 4 nitrogen and oxygen atoms in total. The monoisotopic (exact) mass is 348 g/mol. The van der Waals surface area contributed by atoms with Gasteiger partial charge in [0.25, 0.3) is 0 Å². The van der Waals surface area contributed by atoms with Crippen LogP contribution in [0.15, 0.2) is 24.4 Å². The van der Waals surface area contributed by atoms with Gasteiger partial charge in [0, 0.05) is 40.8 Å². The first-order valence-corrected chi connectivity index (χ1v) is 8.97. The predicted octanol–water partition coefficient (Wildman–Crippen LogP) is 3.55. The third kappa shape index (κ3) is 2.99. The van der Waals surface area contributed by atoms with Gasteiger partial charge in [-0.05, 0) is 43.5 Å². The molecule has 0 spiro atoms. The zero-order valence-corrected chi connectivity index (χ0v) is 15.1. The van der Waals surface area contributed by atoms with E-state index < -0.39 is 11.5 Å². The van der Waals surface area contributed by atoms with E-state index in [1.165, 1.54) is 0 Å². The molecule has 0 saturated carbocycles. The fourth-order valence-electron chi connectivity index (χ4n) is 3.98. The number of aliphatic hydroxyl groups is 2. The van der Waals surface area contributed by atoms with Gasteiger partial charge in [-0.25, -0.2) is 0 Å². The highest BCUT2D eigenvalue weighted by molar-refractivity contribution is 6.31. The van der Waals surface area contributed by atoms with Gasteiger partial charge in [-0.2, -0.15) is 0 Å². The van der Waals surface area contributed by atoms with E-state index in [-0.39, 0.29) is 6.61 Å². The lowest BCUT2D eigenvalue weighted by molar-refractivity contribution is -0.0351. The minimum atomic E-state index is -0.462. The van der Waals surface area contributed by atoms with E-state index >= 15 is 0 Å². The number of hydrogen-bond donors (Lipinski definition) is 2. The molecule has 1 aliphatic heterocycles. The number of piperidine rings is 1. The molecule has 3 rings (SSSR count). The molecule has 1 aliphatic rings. The van der Waals surface area contributed by atoms with Gasteiger partial charge in [0.1, 0.15) is 0 Å². The third-order valence-corrected chi connectivity index (χ3v) is 5.48. The standard InChI is InChI=1S/C19H25ClN2O2/c1-3-6-19(12-23)11-22(8-5-17(19)24)16-4-7-21-18-13(2)9-14(20)10-15(16)18/h4,7,9-10,17,23-24H,3,5-6,8,11-12H2,1-2H3/t17-,19-/m0/s1. The highest BCUT2D eigenvalue weighted by atomic mass is 35.5. The van der Waals surface area contributed by atoms with Crippen molar-refractivity contribution in [1.29, 1.82) is 0 Å². The van der Waals surface area contributed by atoms with Crippen LogP contribution in [0.4, 0.5) is 5.69 Å². The van der Waals surface area contributed by atoms with Gasteiger partial charge >= 0.3 is 0 Å². The van der Waals surface area contributed by atoms with Gasteiger partial charge in [0.05, 0.1) is 18.2 Å². The molecule has 1 saturated heterocycles. The first kappa shape index (κ1) is 17.5. The van der Waals surface area contributed by atoms with Crippen LogP contribution in [-0.4, -0.2) is 41.0 Å². The van der Waals surface area contributed by atoms with Crippen molar-refractivity contribution in [2.45, 2.75) is 39.2 Å². The Kier molecular flexibility index (Phi) is 5.00. The van der Waals surface area contributed by atoms with Crippen LogP contribution in [0.3, 0.4) is 0 Å². The summed E-state index contributed by atoms with van der Waals surface area (Å²) in [6, 6.07) is 5.89. The number of rotatable bonds is 4. The van der Waals surface area contributed by atoms with Gasteiger partial charge < -0.3 is 15.1 Å². The average molecular weight is 349 g/mol. The maximum atomic E-state index is 10.5. The molecule has 0 radical (unpaired) electrons. The first-order chi connectivity index (χ1) is 11.5. The molecule has 0 bridgehead atoms. The quantitative estimate of drug-likeness (QED) is 0.887. The van der Waals surface area contributed by atoms with E-state index in [0.717, 1.165) is 41.5 Å². The van der Waals surface area contributed by atoms with Gasteiger partial charge in [-0.15, -0.1) is 0 Å². The highest BCUT2D eigenvalue weighted by Gasteiger charge is 2.42. The molecule has 2 atom stereocenters. The van der Waals surface area contributed by atoms with Crippen molar-refractivity contribution < 1.29 is 10.2 Å². The Labute approximate surface area is 148 Å². The van der Waals surface area contributed by atoms with E-state index in [0.29, 0.717) is 18.0 Å². The molecule has 24 heavy (non-hydrogen) atoms. The molecule has 5 heteroatoms. The minimum Gasteiger partial charge on any atom is -0.396 e. The van der Waals surface area contributed by atoms with Crippen molar-refractivity contribution in [2.75, 3.05) is 24.6 Å². The highest BCUT2D eigenvalue weighted by Crippen LogP contribution is 2.39. The summed E-state index contributed by atoms with van der Waals surface area (Å²) in [7, 11) is 0. The maximum absolute atomic E-state index is 10.5. The van der Waals surface area contributed by atoms with Crippen LogP contribution in [0, 0.1) is 12.3 Å². The molecule has 2 aromatic rings. The van der Waals surface area contributed by atoms with E-state index in [1.54, 1.807) is 0 Å². The summed E-state index contributed by atoms with van der Waals surface area (Å²) in [5.74, 6) is 0. The van der Waals surface area contributed by atoms with Crippen LogP contribution in [-0.2, 0) is 0 Å². The number of nitrogens with zero attached hydrogens (tertiary/aromatic N) is 2. The van der Waals surface area contributed by atoms with E-state index in [4.69, 9.17) is 11.6 Å². The molecule has 0 unspecified atom stereocenters. The Balaban J connectivity index is 2.04. The third-order valence-electron chi connectivity index (χ3n) is 5.27. The molecule has 0 amide bonds. The van der Waals surface area contributed by atoms with Gasteiger partial charge in [0.2, 0.25) is 0 Å². The summed E-state index contributed by atoms with van der Waals surface area (Å²) in [6.45, 7) is 5.51. The van der Waals surface area contributed by atoms with Crippen LogP contribution >= 0.6 is 11.6 Å². The van der Waals surface area contributed by atoms with Crippen molar-refractivity contribution in [2.24, 2.45) is 5.41 Å². The molecule has 2 N–H and O–H groups in total. The van der Waals surface area contributed by atoms with Crippen molar-refractivity contribution in [3.05, 3.63) is 35.0 Å². The van der Waals surface area contributed by atoms with Gasteiger partial charge in [0.15, 0.2) is 0 Å². The summed E-state index contributed by atoms with van der Waals surface area (Å²) in [5.41, 5.74) is 2.62. The van der Waals surface area contributed by atoms with Crippen molar-refractivity contribution in [3.8, 4) is 0 Å². The number of aromatic nitrogens is 1. The summed E-state index contributed by atoms with van der Waals surface area (Å²) in [4.78, 5) is 6.76. The smallest absolute Gasteiger partial charge is 0.0752 e. The number of halogens is 1. The minimum absolute atomic E-state index is 0.00130. The SMILES string of the molecule is CCC[C@@]1(CO)CN(c2ccnc3c(C)cc(Cl)cc23)CC[C@@H]1O. The number of hydrogen-bond acceptors (Lipinski definition) is 4. The number of aryl methyl sites for hydroxylation is 1. The molecule has 1 aromatic heterocycles. The Morgan fingerprint density at radius 1 is 1.42 bits per heavy atom. The second-order valence-corrected chi connectivity index (χ2v) is 7.38. The lowest BCUT2D eigenvalue weighted by Crippen LogP contribution is -2.54. The largest absolute Gasteiger partial charge is 0.396 e. The molecular weight excluding hydrogens is 324 g/mol. The normalized spacial score (nSPS) is 24.5. The zero-order chi connectivity index (χ0) is 17.3. The maximum Gasteiger partial charge on any atom is 0.0752 e. The lowest BCUT2D eigenvalue weighted by Gasteiger charge is -2.46. The Morgan fingerprint density at radius 2 is 2.21 bits per heavy atom. The molecule has 130 valence electrons. The van der Waals surface area contributed by atoms with Crippen molar-refractivity contribution >= 4 is 28.2 Å². The Morgan fingerprint density at radius 3 is 2.92 bits per heavy atom. The van der Waals surface area contributed by atoms with E-state index in [9.17, 15) is 10.2 Å². The predicted molar refractivity (Wildman–Crippen MR) is 98.8 cm³/mol. The van der Waals surface area contributed by atoms with Crippen molar-refractivity contribution in [3.63, 3.8) is 0 Å². The van der Waals surface area contributed by atoms with Crippen LogP contribution in [0.25, 0.3) is 10.9 Å². The Hall–Kier alpha value is -1.36. The number of anilines is 1. The molecule has 0 aliphatic carbocycles.